The molecule has 0 aliphatic carbocycles. The maximum atomic E-state index is 11.3. The summed E-state index contributed by atoms with van der Waals surface area (Å²) in [6, 6.07) is 0.507. The highest BCUT2D eigenvalue weighted by atomic mass is 32.2. The Kier molecular flexibility index (Phi) is 4.73. The second-order valence-electron chi connectivity index (χ2n) is 3.72. The van der Waals surface area contributed by atoms with Crippen molar-refractivity contribution < 1.29 is 8.42 Å². The van der Waals surface area contributed by atoms with Crippen molar-refractivity contribution >= 4 is 21.6 Å². The predicted octanol–water partition coefficient (Wildman–Crippen LogP) is 0.762. The Hall–Kier alpha value is 0.260. The Morgan fingerprint density at radius 1 is 1.43 bits per heavy atom. The first kappa shape index (κ1) is 12.3. The summed E-state index contributed by atoms with van der Waals surface area (Å²) >= 11 is 1.92. The SMILES string of the molecule is CCS(=O)(=O)CCC1CSCC1NC. The van der Waals surface area contributed by atoms with Gasteiger partial charge in [-0.25, -0.2) is 8.42 Å². The van der Waals surface area contributed by atoms with E-state index in [9.17, 15) is 8.42 Å². The van der Waals surface area contributed by atoms with Crippen molar-refractivity contribution in [3.05, 3.63) is 0 Å². The number of sulfone groups is 1. The maximum absolute atomic E-state index is 11.3. The van der Waals surface area contributed by atoms with E-state index < -0.39 is 9.84 Å². The standard InChI is InChI=1S/C9H19NO2S2/c1-3-14(11,12)5-4-8-6-13-7-9(8)10-2/h8-10H,3-7H2,1-2H3. The Morgan fingerprint density at radius 3 is 2.71 bits per heavy atom. The lowest BCUT2D eigenvalue weighted by atomic mass is 10.0. The topological polar surface area (TPSA) is 46.2 Å². The minimum Gasteiger partial charge on any atom is -0.316 e. The minimum absolute atomic E-state index is 0.275. The first-order valence-corrected chi connectivity index (χ1v) is 8.02. The number of rotatable bonds is 5. The molecule has 84 valence electrons. The average molecular weight is 237 g/mol. The van der Waals surface area contributed by atoms with E-state index in [1.165, 1.54) is 0 Å². The predicted molar refractivity (Wildman–Crippen MR) is 62.6 cm³/mol. The van der Waals surface area contributed by atoms with Crippen LogP contribution in [0.3, 0.4) is 0 Å². The molecular weight excluding hydrogens is 218 g/mol. The smallest absolute Gasteiger partial charge is 0.150 e. The zero-order valence-electron chi connectivity index (χ0n) is 8.82. The van der Waals surface area contributed by atoms with E-state index >= 15 is 0 Å². The van der Waals surface area contributed by atoms with Crippen molar-refractivity contribution in [2.75, 3.05) is 30.1 Å². The van der Waals surface area contributed by atoms with Crippen LogP contribution < -0.4 is 5.32 Å². The second kappa shape index (κ2) is 5.37. The summed E-state index contributed by atoms with van der Waals surface area (Å²) in [4.78, 5) is 0. The number of thioether (sulfide) groups is 1. The molecule has 0 spiro atoms. The molecule has 1 heterocycles. The molecule has 14 heavy (non-hydrogen) atoms. The van der Waals surface area contributed by atoms with Gasteiger partial charge in [0.05, 0.1) is 5.75 Å². The van der Waals surface area contributed by atoms with E-state index in [0.29, 0.717) is 17.7 Å². The van der Waals surface area contributed by atoms with Gasteiger partial charge in [0.15, 0.2) is 0 Å². The van der Waals surface area contributed by atoms with Crippen LogP contribution >= 0.6 is 11.8 Å². The van der Waals surface area contributed by atoms with Crippen molar-refractivity contribution in [1.82, 2.24) is 5.32 Å². The molecule has 0 aromatic heterocycles. The third kappa shape index (κ3) is 3.44. The Labute approximate surface area is 91.0 Å². The summed E-state index contributed by atoms with van der Waals surface area (Å²) in [5, 5.41) is 3.25. The highest BCUT2D eigenvalue weighted by Crippen LogP contribution is 2.26. The number of nitrogens with one attached hydrogen (secondary N) is 1. The summed E-state index contributed by atoms with van der Waals surface area (Å²) in [7, 11) is -0.819. The highest BCUT2D eigenvalue weighted by Gasteiger charge is 2.27. The molecule has 0 saturated carbocycles. The first-order valence-electron chi connectivity index (χ1n) is 5.04. The molecule has 0 amide bonds. The number of hydrogen-bond acceptors (Lipinski definition) is 4. The van der Waals surface area contributed by atoms with Gasteiger partial charge in [0.1, 0.15) is 9.84 Å². The summed E-state index contributed by atoms with van der Waals surface area (Å²) in [6.45, 7) is 1.72. The third-order valence-corrected chi connectivity index (χ3v) is 5.80. The first-order chi connectivity index (χ1) is 6.59. The largest absolute Gasteiger partial charge is 0.316 e. The van der Waals surface area contributed by atoms with Crippen molar-refractivity contribution in [2.45, 2.75) is 19.4 Å². The molecule has 1 saturated heterocycles. The van der Waals surface area contributed by atoms with Gasteiger partial charge in [-0.15, -0.1) is 0 Å². The lowest BCUT2D eigenvalue weighted by molar-refractivity contribution is 0.443. The molecule has 3 nitrogen and oxygen atoms in total. The van der Waals surface area contributed by atoms with E-state index in [1.807, 2.05) is 18.8 Å². The van der Waals surface area contributed by atoms with E-state index in [0.717, 1.165) is 17.9 Å². The quantitative estimate of drug-likeness (QED) is 0.767. The lowest BCUT2D eigenvalue weighted by Gasteiger charge is -2.17. The van der Waals surface area contributed by atoms with Crippen LogP contribution in [-0.2, 0) is 9.84 Å². The molecule has 1 N–H and O–H groups in total. The van der Waals surface area contributed by atoms with Crippen LogP contribution in [0.25, 0.3) is 0 Å². The van der Waals surface area contributed by atoms with Gasteiger partial charge in [0.25, 0.3) is 0 Å². The second-order valence-corrected chi connectivity index (χ2v) is 7.27. The van der Waals surface area contributed by atoms with Gasteiger partial charge in [-0.3, -0.25) is 0 Å². The Balaban J connectivity index is 2.38. The molecule has 1 aliphatic heterocycles. The minimum atomic E-state index is -2.78. The molecule has 0 radical (unpaired) electrons. The Bertz CT molecular complexity index is 264. The van der Waals surface area contributed by atoms with Crippen LogP contribution in [0.2, 0.25) is 0 Å². The zero-order chi connectivity index (χ0) is 10.6. The molecule has 1 rings (SSSR count). The average Bonchev–Trinajstić information content (AvgIpc) is 2.62. The van der Waals surface area contributed by atoms with E-state index in [1.54, 1.807) is 6.92 Å². The van der Waals surface area contributed by atoms with E-state index in [-0.39, 0.29) is 5.75 Å². The fraction of sp³-hybridized carbons (Fsp3) is 1.00. The molecule has 5 heteroatoms. The Morgan fingerprint density at radius 2 is 2.14 bits per heavy atom. The van der Waals surface area contributed by atoms with Crippen LogP contribution in [0, 0.1) is 5.92 Å². The van der Waals surface area contributed by atoms with Gasteiger partial charge < -0.3 is 5.32 Å². The number of hydrogen-bond donors (Lipinski definition) is 1. The van der Waals surface area contributed by atoms with Crippen LogP contribution in [-0.4, -0.2) is 44.5 Å². The van der Waals surface area contributed by atoms with Gasteiger partial charge in [0.2, 0.25) is 0 Å². The lowest BCUT2D eigenvalue weighted by Crippen LogP contribution is -2.33. The van der Waals surface area contributed by atoms with Gasteiger partial charge in [0, 0.05) is 17.5 Å². The molecule has 0 aromatic carbocycles. The van der Waals surface area contributed by atoms with Gasteiger partial charge in [-0.2, -0.15) is 11.8 Å². The van der Waals surface area contributed by atoms with Crippen LogP contribution in [0.4, 0.5) is 0 Å². The molecular formula is C9H19NO2S2. The van der Waals surface area contributed by atoms with Crippen molar-refractivity contribution in [2.24, 2.45) is 5.92 Å². The fourth-order valence-electron chi connectivity index (χ4n) is 1.68. The van der Waals surface area contributed by atoms with Gasteiger partial charge in [-0.1, -0.05) is 6.92 Å². The fourth-order valence-corrected chi connectivity index (χ4v) is 4.16. The zero-order valence-corrected chi connectivity index (χ0v) is 10.5. The van der Waals surface area contributed by atoms with Crippen molar-refractivity contribution in [1.29, 1.82) is 0 Å². The molecule has 1 aliphatic rings. The van der Waals surface area contributed by atoms with E-state index in [4.69, 9.17) is 0 Å². The normalized spacial score (nSPS) is 28.1. The summed E-state index contributed by atoms with van der Waals surface area (Å²) in [5.41, 5.74) is 0. The summed E-state index contributed by atoms with van der Waals surface area (Å²) in [6.07, 6.45) is 0.814. The summed E-state index contributed by atoms with van der Waals surface area (Å²) < 4.78 is 22.6. The molecule has 0 bridgehead atoms. The maximum Gasteiger partial charge on any atom is 0.150 e. The van der Waals surface area contributed by atoms with Crippen LogP contribution in [0.5, 0.6) is 0 Å². The molecule has 0 aromatic rings. The van der Waals surface area contributed by atoms with Crippen molar-refractivity contribution in [3.8, 4) is 0 Å². The molecule has 2 atom stereocenters. The molecule has 1 fully saturated rings. The van der Waals surface area contributed by atoms with Crippen LogP contribution in [0.1, 0.15) is 13.3 Å². The van der Waals surface area contributed by atoms with E-state index in [2.05, 4.69) is 5.32 Å². The van der Waals surface area contributed by atoms with Crippen LogP contribution in [0.15, 0.2) is 0 Å². The van der Waals surface area contributed by atoms with Crippen molar-refractivity contribution in [3.63, 3.8) is 0 Å². The monoisotopic (exact) mass is 237 g/mol. The third-order valence-electron chi connectivity index (χ3n) is 2.81. The van der Waals surface area contributed by atoms with Gasteiger partial charge >= 0.3 is 0 Å². The summed E-state index contributed by atoms with van der Waals surface area (Å²) in [5.74, 6) is 3.38. The van der Waals surface area contributed by atoms with Gasteiger partial charge in [-0.05, 0) is 25.1 Å². The highest BCUT2D eigenvalue weighted by molar-refractivity contribution is 7.99. The molecule has 2 unspecified atom stereocenters.